The third-order valence-electron chi connectivity index (χ3n) is 4.48. The van der Waals surface area contributed by atoms with Gasteiger partial charge in [-0.3, -0.25) is 4.79 Å². The van der Waals surface area contributed by atoms with E-state index in [1.165, 1.54) is 22.7 Å². The summed E-state index contributed by atoms with van der Waals surface area (Å²) in [6.07, 6.45) is 0.836. The molecule has 0 saturated carbocycles. The second kappa shape index (κ2) is 8.61. The fourth-order valence-electron chi connectivity index (χ4n) is 2.69. The van der Waals surface area contributed by atoms with Gasteiger partial charge in [0, 0.05) is 18.4 Å². The SMILES string of the molecule is CC(c1ccc(F)c(F)c1)N(C)C(=O)CSc1ccc2c(c1)OCCCO2. The number of fused-ring (bicyclic) bond motifs is 1. The number of ether oxygens (including phenoxy) is 2. The third-order valence-corrected chi connectivity index (χ3v) is 5.46. The third kappa shape index (κ3) is 4.71. The first-order valence-electron chi connectivity index (χ1n) is 8.69. The molecule has 0 spiro atoms. The molecule has 2 aromatic rings. The van der Waals surface area contributed by atoms with Crippen LogP contribution in [0.3, 0.4) is 0 Å². The quantitative estimate of drug-likeness (QED) is 0.704. The Hall–Kier alpha value is -2.28. The molecule has 4 nitrogen and oxygen atoms in total. The van der Waals surface area contributed by atoms with E-state index in [1.807, 2.05) is 18.2 Å². The number of rotatable bonds is 5. The predicted octanol–water partition coefficient (Wildman–Crippen LogP) is 4.44. The largest absolute Gasteiger partial charge is 0.490 e. The first kappa shape index (κ1) is 19.5. The summed E-state index contributed by atoms with van der Waals surface area (Å²) in [7, 11) is 1.66. The molecule has 1 aliphatic rings. The number of amides is 1. The van der Waals surface area contributed by atoms with E-state index in [4.69, 9.17) is 9.47 Å². The molecule has 144 valence electrons. The Morgan fingerprint density at radius 3 is 2.59 bits per heavy atom. The lowest BCUT2D eigenvalue weighted by atomic mass is 10.1. The van der Waals surface area contributed by atoms with Crippen molar-refractivity contribution in [3.05, 3.63) is 53.6 Å². The van der Waals surface area contributed by atoms with Crippen molar-refractivity contribution >= 4 is 17.7 Å². The smallest absolute Gasteiger partial charge is 0.233 e. The van der Waals surface area contributed by atoms with Crippen LogP contribution < -0.4 is 9.47 Å². The van der Waals surface area contributed by atoms with Gasteiger partial charge in [0.15, 0.2) is 23.1 Å². The molecule has 0 aliphatic carbocycles. The van der Waals surface area contributed by atoms with Crippen molar-refractivity contribution < 1.29 is 23.0 Å². The standard InChI is InChI=1S/C20H21F2NO3S/c1-13(14-4-6-16(21)17(22)10-14)23(2)20(24)12-27-15-5-7-18-19(11-15)26-9-3-8-25-18/h4-7,10-11,13H,3,8-9,12H2,1-2H3. The summed E-state index contributed by atoms with van der Waals surface area (Å²) in [5, 5.41) is 0. The van der Waals surface area contributed by atoms with E-state index in [9.17, 15) is 13.6 Å². The molecule has 0 saturated heterocycles. The molecule has 0 N–H and O–H groups in total. The Labute approximate surface area is 161 Å². The zero-order valence-corrected chi connectivity index (χ0v) is 16.0. The van der Waals surface area contributed by atoms with Crippen LogP contribution in [0.4, 0.5) is 8.78 Å². The zero-order chi connectivity index (χ0) is 19.4. The highest BCUT2D eigenvalue weighted by Crippen LogP contribution is 2.34. The summed E-state index contributed by atoms with van der Waals surface area (Å²) in [4.78, 5) is 14.9. The Morgan fingerprint density at radius 1 is 1.11 bits per heavy atom. The van der Waals surface area contributed by atoms with Gasteiger partial charge < -0.3 is 14.4 Å². The minimum Gasteiger partial charge on any atom is -0.490 e. The number of thioether (sulfide) groups is 1. The number of hydrogen-bond acceptors (Lipinski definition) is 4. The van der Waals surface area contributed by atoms with E-state index in [2.05, 4.69) is 0 Å². The molecule has 0 fully saturated rings. The fourth-order valence-corrected chi connectivity index (χ4v) is 3.54. The molecule has 0 aromatic heterocycles. The first-order chi connectivity index (χ1) is 13.0. The van der Waals surface area contributed by atoms with Gasteiger partial charge in [0.2, 0.25) is 5.91 Å². The van der Waals surface area contributed by atoms with E-state index >= 15 is 0 Å². The molecule has 1 amide bonds. The Balaban J connectivity index is 1.61. The number of carbonyl (C=O) groups excluding carboxylic acids is 1. The maximum Gasteiger partial charge on any atom is 0.233 e. The van der Waals surface area contributed by atoms with Crippen LogP contribution in [0.25, 0.3) is 0 Å². The van der Waals surface area contributed by atoms with Gasteiger partial charge in [0.05, 0.1) is 25.0 Å². The van der Waals surface area contributed by atoms with Gasteiger partial charge in [0.25, 0.3) is 0 Å². The maximum absolute atomic E-state index is 13.4. The molecule has 0 radical (unpaired) electrons. The monoisotopic (exact) mass is 393 g/mol. The van der Waals surface area contributed by atoms with E-state index in [0.717, 1.165) is 23.4 Å². The molecule has 1 atom stereocenters. The number of hydrogen-bond donors (Lipinski definition) is 0. The number of halogens is 2. The van der Waals surface area contributed by atoms with E-state index in [1.54, 1.807) is 14.0 Å². The summed E-state index contributed by atoms with van der Waals surface area (Å²) >= 11 is 1.39. The van der Waals surface area contributed by atoms with Gasteiger partial charge in [0.1, 0.15) is 0 Å². The second-order valence-electron chi connectivity index (χ2n) is 6.30. The van der Waals surface area contributed by atoms with Crippen molar-refractivity contribution in [1.82, 2.24) is 4.90 Å². The van der Waals surface area contributed by atoms with Crippen LogP contribution in [0.2, 0.25) is 0 Å². The summed E-state index contributed by atoms with van der Waals surface area (Å²) < 4.78 is 37.8. The Kier molecular flexibility index (Phi) is 6.21. The molecule has 0 bridgehead atoms. The van der Waals surface area contributed by atoms with Gasteiger partial charge in [-0.2, -0.15) is 0 Å². The predicted molar refractivity (Wildman–Crippen MR) is 100 cm³/mol. The molecule has 1 aliphatic heterocycles. The van der Waals surface area contributed by atoms with Crippen LogP contribution in [0.5, 0.6) is 11.5 Å². The van der Waals surface area contributed by atoms with E-state index in [0.29, 0.717) is 30.3 Å². The Morgan fingerprint density at radius 2 is 1.85 bits per heavy atom. The number of benzene rings is 2. The summed E-state index contributed by atoms with van der Waals surface area (Å²) in [5.74, 6) is -0.291. The van der Waals surface area contributed by atoms with Crippen molar-refractivity contribution in [2.75, 3.05) is 26.0 Å². The van der Waals surface area contributed by atoms with Crippen LogP contribution in [-0.4, -0.2) is 36.8 Å². The van der Waals surface area contributed by atoms with Gasteiger partial charge in [-0.1, -0.05) is 6.07 Å². The highest BCUT2D eigenvalue weighted by Gasteiger charge is 2.19. The first-order valence-corrected chi connectivity index (χ1v) is 9.67. The molecule has 2 aromatic carbocycles. The van der Waals surface area contributed by atoms with Crippen LogP contribution in [0, 0.1) is 11.6 Å². The van der Waals surface area contributed by atoms with Crippen LogP contribution in [-0.2, 0) is 4.79 Å². The summed E-state index contributed by atoms with van der Waals surface area (Å²) in [6, 6.07) is 8.94. The molecule has 3 rings (SSSR count). The highest BCUT2D eigenvalue weighted by atomic mass is 32.2. The van der Waals surface area contributed by atoms with Crippen molar-refractivity contribution in [2.45, 2.75) is 24.3 Å². The van der Waals surface area contributed by atoms with Gasteiger partial charge >= 0.3 is 0 Å². The molecule has 1 unspecified atom stereocenters. The van der Waals surface area contributed by atoms with Crippen LogP contribution in [0.15, 0.2) is 41.3 Å². The van der Waals surface area contributed by atoms with Crippen molar-refractivity contribution in [3.8, 4) is 11.5 Å². The van der Waals surface area contributed by atoms with Gasteiger partial charge in [-0.25, -0.2) is 8.78 Å². The van der Waals surface area contributed by atoms with Crippen LogP contribution >= 0.6 is 11.8 Å². The van der Waals surface area contributed by atoms with E-state index in [-0.39, 0.29) is 17.7 Å². The average Bonchev–Trinajstić information content (AvgIpc) is 2.92. The van der Waals surface area contributed by atoms with Crippen molar-refractivity contribution in [1.29, 1.82) is 0 Å². The topological polar surface area (TPSA) is 38.8 Å². The van der Waals surface area contributed by atoms with E-state index < -0.39 is 11.6 Å². The number of carbonyl (C=O) groups is 1. The second-order valence-corrected chi connectivity index (χ2v) is 7.35. The van der Waals surface area contributed by atoms with Crippen LogP contribution in [0.1, 0.15) is 24.9 Å². The minimum atomic E-state index is -0.915. The molecule has 7 heteroatoms. The lowest BCUT2D eigenvalue weighted by Gasteiger charge is -2.25. The summed E-state index contributed by atoms with van der Waals surface area (Å²) in [6.45, 7) is 3.02. The molecular formula is C20H21F2NO3S. The van der Waals surface area contributed by atoms with Crippen molar-refractivity contribution in [2.24, 2.45) is 0 Å². The molecule has 1 heterocycles. The van der Waals surface area contributed by atoms with Gasteiger partial charge in [-0.15, -0.1) is 11.8 Å². The number of nitrogens with zero attached hydrogens (tertiary/aromatic N) is 1. The Bertz CT molecular complexity index is 831. The minimum absolute atomic E-state index is 0.107. The highest BCUT2D eigenvalue weighted by molar-refractivity contribution is 8.00. The van der Waals surface area contributed by atoms with Gasteiger partial charge in [-0.05, 0) is 42.8 Å². The van der Waals surface area contributed by atoms with Crippen molar-refractivity contribution in [3.63, 3.8) is 0 Å². The average molecular weight is 393 g/mol. The maximum atomic E-state index is 13.4. The fraction of sp³-hybridized carbons (Fsp3) is 0.350. The lowest BCUT2D eigenvalue weighted by molar-refractivity contribution is -0.128. The molecular weight excluding hydrogens is 372 g/mol. The zero-order valence-electron chi connectivity index (χ0n) is 15.2. The normalized spacial score (nSPS) is 14.4. The lowest BCUT2D eigenvalue weighted by Crippen LogP contribution is -2.31. The summed E-state index contributed by atoms with van der Waals surface area (Å²) in [5.41, 5.74) is 0.547. The molecule has 27 heavy (non-hydrogen) atoms.